The maximum Gasteiger partial charge on any atom is 0.221 e. The van der Waals surface area contributed by atoms with Crippen LogP contribution in [0.25, 0.3) is 10.9 Å². The van der Waals surface area contributed by atoms with Crippen LogP contribution in [-0.4, -0.2) is 23.6 Å². The number of benzene rings is 1. The topological polar surface area (TPSA) is 46.1 Å². The average molecular weight is 308 g/mol. The molecule has 2 N–H and O–H groups in total. The van der Waals surface area contributed by atoms with Gasteiger partial charge in [0.1, 0.15) is 0 Å². The smallest absolute Gasteiger partial charge is 0.221 e. The van der Waals surface area contributed by atoms with E-state index in [-0.39, 0.29) is 11.9 Å². The van der Waals surface area contributed by atoms with Crippen LogP contribution in [0.2, 0.25) is 5.02 Å². The highest BCUT2D eigenvalue weighted by molar-refractivity contribution is 6.31. The highest BCUT2D eigenvalue weighted by atomic mass is 35.5. The third-order valence-electron chi connectivity index (χ3n) is 3.32. The Morgan fingerprint density at radius 2 is 2.14 bits per heavy atom. The van der Waals surface area contributed by atoms with Crippen molar-refractivity contribution in [2.75, 3.05) is 7.05 Å². The van der Waals surface area contributed by atoms with E-state index in [9.17, 15) is 4.79 Å². The largest absolute Gasteiger partial charge is 0.354 e. The van der Waals surface area contributed by atoms with Gasteiger partial charge in [-0.25, -0.2) is 0 Å². The minimum Gasteiger partial charge on any atom is -0.354 e. The molecule has 0 aliphatic heterocycles. The molecule has 4 nitrogen and oxygen atoms in total. The summed E-state index contributed by atoms with van der Waals surface area (Å²) < 4.78 is 2.10. The Kier molecular flexibility index (Phi) is 5.26. The first-order valence-electron chi connectivity index (χ1n) is 7.22. The van der Waals surface area contributed by atoms with Gasteiger partial charge in [0, 0.05) is 47.7 Å². The summed E-state index contributed by atoms with van der Waals surface area (Å²) in [5.74, 6) is 0.0732. The summed E-state index contributed by atoms with van der Waals surface area (Å²) in [7, 11) is 1.93. The van der Waals surface area contributed by atoms with Gasteiger partial charge < -0.3 is 15.2 Å². The molecule has 0 saturated carbocycles. The lowest BCUT2D eigenvalue weighted by molar-refractivity contribution is -0.121. The van der Waals surface area contributed by atoms with Crippen molar-refractivity contribution in [3.63, 3.8) is 0 Å². The van der Waals surface area contributed by atoms with Crippen LogP contribution in [-0.2, 0) is 17.9 Å². The first-order chi connectivity index (χ1) is 10.0. The lowest BCUT2D eigenvalue weighted by Gasteiger charge is -2.09. The summed E-state index contributed by atoms with van der Waals surface area (Å²) >= 11 is 6.10. The SMILES string of the molecule is CNCc1cn(CCC(=O)NC(C)C)c2cc(Cl)ccc12. The molecule has 2 rings (SSSR count). The van der Waals surface area contributed by atoms with E-state index < -0.39 is 0 Å². The summed E-state index contributed by atoms with van der Waals surface area (Å²) in [5.41, 5.74) is 2.29. The van der Waals surface area contributed by atoms with Gasteiger partial charge in [0.05, 0.1) is 0 Å². The number of hydrogen-bond acceptors (Lipinski definition) is 2. The fraction of sp³-hybridized carbons (Fsp3) is 0.438. The Morgan fingerprint density at radius 3 is 2.81 bits per heavy atom. The third-order valence-corrected chi connectivity index (χ3v) is 3.56. The van der Waals surface area contributed by atoms with Gasteiger partial charge in [0.15, 0.2) is 0 Å². The van der Waals surface area contributed by atoms with Crippen molar-refractivity contribution in [3.05, 3.63) is 35.0 Å². The maximum atomic E-state index is 11.8. The van der Waals surface area contributed by atoms with Crippen molar-refractivity contribution in [1.82, 2.24) is 15.2 Å². The molecule has 0 atom stereocenters. The van der Waals surface area contributed by atoms with Crippen LogP contribution >= 0.6 is 11.6 Å². The Hall–Kier alpha value is -1.52. The fourth-order valence-corrected chi connectivity index (χ4v) is 2.64. The van der Waals surface area contributed by atoms with E-state index in [1.165, 1.54) is 10.9 Å². The molecule has 114 valence electrons. The molecule has 1 aromatic heterocycles. The van der Waals surface area contributed by atoms with Gasteiger partial charge in [-0.15, -0.1) is 0 Å². The highest BCUT2D eigenvalue weighted by Crippen LogP contribution is 2.25. The molecule has 5 heteroatoms. The molecule has 0 unspecified atom stereocenters. The Morgan fingerprint density at radius 1 is 1.38 bits per heavy atom. The number of aromatic nitrogens is 1. The minimum atomic E-state index is 0.0732. The number of rotatable bonds is 6. The molecule has 21 heavy (non-hydrogen) atoms. The van der Waals surface area contributed by atoms with Crippen LogP contribution in [0.15, 0.2) is 24.4 Å². The van der Waals surface area contributed by atoms with E-state index in [0.717, 1.165) is 12.1 Å². The molecule has 2 aromatic rings. The van der Waals surface area contributed by atoms with Gasteiger partial charge in [-0.3, -0.25) is 4.79 Å². The van der Waals surface area contributed by atoms with Crippen LogP contribution in [0, 0.1) is 0 Å². The monoisotopic (exact) mass is 307 g/mol. The van der Waals surface area contributed by atoms with E-state index in [1.807, 2.05) is 39.1 Å². The highest BCUT2D eigenvalue weighted by Gasteiger charge is 2.10. The van der Waals surface area contributed by atoms with Gasteiger partial charge >= 0.3 is 0 Å². The van der Waals surface area contributed by atoms with Gasteiger partial charge in [0.2, 0.25) is 5.91 Å². The number of carbonyl (C=O) groups excluding carboxylic acids is 1. The number of hydrogen-bond donors (Lipinski definition) is 2. The van der Waals surface area contributed by atoms with E-state index in [1.54, 1.807) is 0 Å². The number of amides is 1. The molecule has 1 aromatic carbocycles. The second-order valence-electron chi connectivity index (χ2n) is 5.51. The number of fused-ring (bicyclic) bond motifs is 1. The summed E-state index contributed by atoms with van der Waals surface area (Å²) in [6.45, 7) is 5.38. The first kappa shape index (κ1) is 15.9. The Balaban J connectivity index is 2.22. The average Bonchev–Trinajstić information content (AvgIpc) is 2.74. The molecule has 0 saturated heterocycles. The second kappa shape index (κ2) is 6.96. The standard InChI is InChI=1S/C16H22ClN3O/c1-11(2)19-16(21)6-7-20-10-12(9-18-3)14-5-4-13(17)8-15(14)20/h4-5,8,10-11,18H,6-7,9H2,1-3H3,(H,19,21). The van der Waals surface area contributed by atoms with Crippen LogP contribution in [0.1, 0.15) is 25.8 Å². The molecule has 0 spiro atoms. The fourth-order valence-electron chi connectivity index (χ4n) is 2.47. The molecule has 0 fully saturated rings. The second-order valence-corrected chi connectivity index (χ2v) is 5.95. The zero-order valence-corrected chi connectivity index (χ0v) is 13.5. The van der Waals surface area contributed by atoms with E-state index in [0.29, 0.717) is 18.0 Å². The lowest BCUT2D eigenvalue weighted by atomic mass is 10.2. The number of carbonyl (C=O) groups is 1. The summed E-state index contributed by atoms with van der Waals surface area (Å²) in [4.78, 5) is 11.8. The molecule has 0 radical (unpaired) electrons. The third kappa shape index (κ3) is 3.99. The van der Waals surface area contributed by atoms with Crippen LogP contribution in [0.5, 0.6) is 0 Å². The van der Waals surface area contributed by atoms with Gasteiger partial charge in [-0.1, -0.05) is 17.7 Å². The summed E-state index contributed by atoms with van der Waals surface area (Å²) in [6, 6.07) is 6.07. The Labute approximate surface area is 130 Å². The molecular weight excluding hydrogens is 286 g/mol. The van der Waals surface area contributed by atoms with Crippen LogP contribution in [0.4, 0.5) is 0 Å². The van der Waals surface area contributed by atoms with Crippen molar-refractivity contribution in [3.8, 4) is 0 Å². The lowest BCUT2D eigenvalue weighted by Crippen LogP contribution is -2.30. The number of nitrogens with one attached hydrogen (secondary N) is 2. The number of halogens is 1. The van der Waals surface area contributed by atoms with Crippen LogP contribution < -0.4 is 10.6 Å². The first-order valence-corrected chi connectivity index (χ1v) is 7.60. The zero-order valence-electron chi connectivity index (χ0n) is 12.7. The van der Waals surface area contributed by atoms with E-state index >= 15 is 0 Å². The van der Waals surface area contributed by atoms with Crippen LogP contribution in [0.3, 0.4) is 0 Å². The van der Waals surface area contributed by atoms with Gasteiger partial charge in [-0.2, -0.15) is 0 Å². The quantitative estimate of drug-likeness (QED) is 0.862. The van der Waals surface area contributed by atoms with Gasteiger partial charge in [-0.05, 0) is 38.6 Å². The van der Waals surface area contributed by atoms with Gasteiger partial charge in [0.25, 0.3) is 0 Å². The van der Waals surface area contributed by atoms with Crippen molar-refractivity contribution in [2.24, 2.45) is 0 Å². The summed E-state index contributed by atoms with van der Waals surface area (Å²) in [5, 5.41) is 7.97. The number of aryl methyl sites for hydroxylation is 1. The van der Waals surface area contributed by atoms with E-state index in [4.69, 9.17) is 11.6 Å². The van der Waals surface area contributed by atoms with Crippen molar-refractivity contribution in [2.45, 2.75) is 39.4 Å². The van der Waals surface area contributed by atoms with Crippen molar-refractivity contribution >= 4 is 28.4 Å². The Bertz CT molecular complexity index is 634. The number of nitrogens with zero attached hydrogens (tertiary/aromatic N) is 1. The predicted molar refractivity (Wildman–Crippen MR) is 87.6 cm³/mol. The molecule has 0 aliphatic rings. The summed E-state index contributed by atoms with van der Waals surface area (Å²) in [6.07, 6.45) is 2.56. The maximum absolute atomic E-state index is 11.8. The normalized spacial score (nSPS) is 11.3. The molecular formula is C16H22ClN3O. The van der Waals surface area contributed by atoms with Crippen molar-refractivity contribution < 1.29 is 4.79 Å². The van der Waals surface area contributed by atoms with E-state index in [2.05, 4.69) is 21.4 Å². The van der Waals surface area contributed by atoms with Crippen molar-refractivity contribution in [1.29, 1.82) is 0 Å². The minimum absolute atomic E-state index is 0.0732. The molecule has 0 bridgehead atoms. The molecule has 1 amide bonds. The molecule has 1 heterocycles. The molecule has 0 aliphatic carbocycles. The zero-order chi connectivity index (χ0) is 15.4. The predicted octanol–water partition coefficient (Wildman–Crippen LogP) is 2.93.